The molecule has 0 saturated carbocycles. The Bertz CT molecular complexity index is 877. The first-order chi connectivity index (χ1) is 13.5. The first-order valence-electron chi connectivity index (χ1n) is 9.13. The van der Waals surface area contributed by atoms with E-state index in [0.717, 1.165) is 0 Å². The van der Waals surface area contributed by atoms with Crippen molar-refractivity contribution in [3.05, 3.63) is 64.7 Å². The number of carbonyl (C=O) groups excluding carboxylic acids is 1. The molecular formula is C20H21ClFN3O3. The maximum absolute atomic E-state index is 14.7. The highest BCUT2D eigenvalue weighted by Gasteiger charge is 2.42. The Balaban J connectivity index is 1.63. The summed E-state index contributed by atoms with van der Waals surface area (Å²) in [5, 5.41) is 16.5. The number of rotatable bonds is 4. The molecule has 1 unspecified atom stereocenters. The third-order valence-electron chi connectivity index (χ3n) is 5.27. The summed E-state index contributed by atoms with van der Waals surface area (Å²) in [7, 11) is 0. The third kappa shape index (κ3) is 3.41. The Labute approximate surface area is 167 Å². The summed E-state index contributed by atoms with van der Waals surface area (Å²) in [6.45, 7) is 0.759. The van der Waals surface area contributed by atoms with E-state index < -0.39 is 17.5 Å². The van der Waals surface area contributed by atoms with Gasteiger partial charge in [-0.15, -0.1) is 0 Å². The van der Waals surface area contributed by atoms with Crippen molar-refractivity contribution in [2.75, 3.05) is 19.8 Å². The molecule has 3 aliphatic rings. The maximum Gasteiger partial charge on any atom is 0.264 e. The quantitative estimate of drug-likeness (QED) is 0.716. The standard InChI is InChI=1S/C20H21ClFN3O3/c21-14-4-1-3-13(11-14)16-17-15(22)5-2-8-25(17)18(23-16)19(27)24-20(12-26)6-9-28-10-7-20/h1-5,8,11,18,23,26H,6-7,9-10,12H2,(H,24,27). The van der Waals surface area contributed by atoms with Crippen LogP contribution in [0.1, 0.15) is 18.4 Å². The molecule has 0 aromatic heterocycles. The van der Waals surface area contributed by atoms with Gasteiger partial charge >= 0.3 is 0 Å². The predicted octanol–water partition coefficient (Wildman–Crippen LogP) is 2.28. The lowest BCUT2D eigenvalue weighted by Gasteiger charge is -2.38. The van der Waals surface area contributed by atoms with Crippen molar-refractivity contribution in [1.82, 2.24) is 15.5 Å². The number of fused-ring (bicyclic) bond motifs is 1. The van der Waals surface area contributed by atoms with Crippen molar-refractivity contribution in [3.63, 3.8) is 0 Å². The zero-order chi connectivity index (χ0) is 19.7. The van der Waals surface area contributed by atoms with Gasteiger partial charge in [0, 0.05) is 30.0 Å². The number of aliphatic hydroxyl groups is 1. The molecule has 1 atom stereocenters. The van der Waals surface area contributed by atoms with Crippen LogP contribution in [0.3, 0.4) is 0 Å². The van der Waals surface area contributed by atoms with Crippen molar-refractivity contribution in [2.24, 2.45) is 0 Å². The Morgan fingerprint density at radius 3 is 2.93 bits per heavy atom. The van der Waals surface area contributed by atoms with Crippen LogP contribution >= 0.6 is 11.6 Å². The van der Waals surface area contributed by atoms with Gasteiger partial charge in [-0.1, -0.05) is 23.7 Å². The van der Waals surface area contributed by atoms with Crippen LogP contribution in [0, 0.1) is 0 Å². The molecule has 1 fully saturated rings. The highest BCUT2D eigenvalue weighted by Crippen LogP contribution is 2.36. The van der Waals surface area contributed by atoms with Crippen molar-refractivity contribution >= 4 is 23.2 Å². The zero-order valence-corrected chi connectivity index (χ0v) is 15.9. The second-order valence-corrected chi connectivity index (χ2v) is 7.52. The van der Waals surface area contributed by atoms with Crippen LogP contribution in [0.15, 0.2) is 54.1 Å². The molecule has 8 heteroatoms. The van der Waals surface area contributed by atoms with Gasteiger partial charge in [0.1, 0.15) is 11.5 Å². The number of nitrogens with one attached hydrogen (secondary N) is 2. The molecule has 3 N–H and O–H groups in total. The fraction of sp³-hybridized carbons (Fsp3) is 0.350. The summed E-state index contributed by atoms with van der Waals surface area (Å²) < 4.78 is 20.0. The fourth-order valence-electron chi connectivity index (χ4n) is 3.71. The maximum atomic E-state index is 14.7. The minimum Gasteiger partial charge on any atom is -0.394 e. The Morgan fingerprint density at radius 1 is 1.43 bits per heavy atom. The number of hydrogen-bond donors (Lipinski definition) is 3. The van der Waals surface area contributed by atoms with Gasteiger partial charge in [0.05, 0.1) is 17.8 Å². The van der Waals surface area contributed by atoms with Crippen molar-refractivity contribution in [2.45, 2.75) is 24.5 Å². The van der Waals surface area contributed by atoms with Crippen molar-refractivity contribution in [3.8, 4) is 0 Å². The average molecular weight is 406 g/mol. The van der Waals surface area contributed by atoms with E-state index in [-0.39, 0.29) is 18.2 Å². The molecule has 1 amide bonds. The molecule has 148 valence electrons. The van der Waals surface area contributed by atoms with Crippen LogP contribution in [-0.2, 0) is 9.53 Å². The molecule has 1 saturated heterocycles. The molecule has 3 heterocycles. The van der Waals surface area contributed by atoms with Crippen LogP contribution in [0.4, 0.5) is 4.39 Å². The predicted molar refractivity (Wildman–Crippen MR) is 103 cm³/mol. The summed E-state index contributed by atoms with van der Waals surface area (Å²) in [5.41, 5.74) is 0.731. The molecule has 1 aromatic rings. The number of halogens is 2. The smallest absolute Gasteiger partial charge is 0.264 e. The fourth-order valence-corrected chi connectivity index (χ4v) is 3.90. The molecular weight excluding hydrogens is 385 g/mol. The van der Waals surface area contributed by atoms with Gasteiger partial charge in [0.15, 0.2) is 6.17 Å². The Kier molecular flexibility index (Phi) is 5.14. The largest absolute Gasteiger partial charge is 0.394 e. The second kappa shape index (κ2) is 7.58. The second-order valence-electron chi connectivity index (χ2n) is 7.08. The number of ether oxygens (including phenoxy) is 1. The number of amides is 1. The normalized spacial score (nSPS) is 23.2. The van der Waals surface area contributed by atoms with Gasteiger partial charge in [-0.2, -0.15) is 0 Å². The van der Waals surface area contributed by atoms with Gasteiger partial charge in [-0.05, 0) is 37.1 Å². The molecule has 3 aliphatic heterocycles. The summed E-state index contributed by atoms with van der Waals surface area (Å²) in [4.78, 5) is 14.6. The minimum atomic E-state index is -0.842. The van der Waals surface area contributed by atoms with E-state index in [9.17, 15) is 14.3 Å². The van der Waals surface area contributed by atoms with Crippen molar-refractivity contribution < 1.29 is 19.0 Å². The van der Waals surface area contributed by atoms with E-state index in [1.165, 1.54) is 6.08 Å². The number of aliphatic hydroxyl groups excluding tert-OH is 1. The van der Waals surface area contributed by atoms with Crippen LogP contribution in [0.5, 0.6) is 0 Å². The van der Waals surface area contributed by atoms with Gasteiger partial charge in [0.2, 0.25) is 0 Å². The van der Waals surface area contributed by atoms with E-state index >= 15 is 0 Å². The summed E-state index contributed by atoms with van der Waals surface area (Å²) in [5.74, 6) is -0.784. The molecule has 0 radical (unpaired) electrons. The van der Waals surface area contributed by atoms with Crippen molar-refractivity contribution in [1.29, 1.82) is 0 Å². The number of benzene rings is 1. The average Bonchev–Trinajstić information content (AvgIpc) is 3.10. The van der Waals surface area contributed by atoms with Crippen LogP contribution < -0.4 is 10.6 Å². The van der Waals surface area contributed by atoms with Gasteiger partial charge in [0.25, 0.3) is 5.91 Å². The Morgan fingerprint density at radius 2 is 2.21 bits per heavy atom. The molecule has 0 aliphatic carbocycles. The molecule has 4 rings (SSSR count). The van der Waals surface area contributed by atoms with Gasteiger partial charge in [-0.3, -0.25) is 4.79 Å². The van der Waals surface area contributed by atoms with E-state index in [2.05, 4.69) is 10.6 Å². The number of hydrogen-bond acceptors (Lipinski definition) is 5. The lowest BCUT2D eigenvalue weighted by atomic mass is 9.91. The number of carbonyl (C=O) groups is 1. The molecule has 1 aromatic carbocycles. The summed E-state index contributed by atoms with van der Waals surface area (Å²) in [6, 6.07) is 7.03. The number of nitrogens with zero attached hydrogens (tertiary/aromatic N) is 1. The molecule has 6 nitrogen and oxygen atoms in total. The van der Waals surface area contributed by atoms with E-state index in [4.69, 9.17) is 16.3 Å². The lowest BCUT2D eigenvalue weighted by molar-refractivity contribution is -0.129. The van der Waals surface area contributed by atoms with E-state index in [1.807, 2.05) is 0 Å². The minimum absolute atomic E-state index is 0.180. The van der Waals surface area contributed by atoms with Crippen LogP contribution in [0.25, 0.3) is 5.70 Å². The lowest BCUT2D eigenvalue weighted by Crippen LogP contribution is -2.60. The first kappa shape index (κ1) is 19.0. The summed E-state index contributed by atoms with van der Waals surface area (Å²) in [6.07, 6.45) is 4.76. The van der Waals surface area contributed by atoms with Crippen LogP contribution in [-0.4, -0.2) is 47.4 Å². The SMILES string of the molecule is O=C(NC1(CO)CCOCC1)C1NC(c2cccc(Cl)c2)=C2C(F)=CC=CN21. The monoisotopic (exact) mass is 405 g/mol. The first-order valence-corrected chi connectivity index (χ1v) is 9.51. The zero-order valence-electron chi connectivity index (χ0n) is 15.1. The van der Waals surface area contributed by atoms with E-state index in [1.54, 1.807) is 41.4 Å². The van der Waals surface area contributed by atoms with E-state index in [0.29, 0.717) is 42.3 Å². The van der Waals surface area contributed by atoms with Gasteiger partial charge < -0.3 is 25.4 Å². The van der Waals surface area contributed by atoms with Gasteiger partial charge in [-0.25, -0.2) is 4.39 Å². The Hall–Kier alpha value is -2.35. The molecule has 0 spiro atoms. The topological polar surface area (TPSA) is 73.8 Å². The third-order valence-corrected chi connectivity index (χ3v) is 5.51. The highest BCUT2D eigenvalue weighted by atomic mass is 35.5. The molecule has 0 bridgehead atoms. The number of allylic oxidation sites excluding steroid dienone is 3. The summed E-state index contributed by atoms with van der Waals surface area (Å²) >= 11 is 6.09. The highest BCUT2D eigenvalue weighted by molar-refractivity contribution is 6.30. The molecule has 28 heavy (non-hydrogen) atoms. The van der Waals surface area contributed by atoms with Crippen LogP contribution in [0.2, 0.25) is 5.02 Å².